The molecule has 0 bridgehead atoms. The molecule has 0 fully saturated rings. The minimum absolute atomic E-state index is 0.0184. The molecular weight excluding hydrogens is 474 g/mol. The Morgan fingerprint density at radius 3 is 2.41 bits per heavy atom. The van der Waals surface area contributed by atoms with Crippen molar-refractivity contribution in [1.82, 2.24) is 4.98 Å². The van der Waals surface area contributed by atoms with E-state index in [1.54, 1.807) is 69.5 Å². The maximum Gasteiger partial charge on any atom is 0.340 e. The van der Waals surface area contributed by atoms with Crippen LogP contribution in [0.1, 0.15) is 28.5 Å². The number of aromatic nitrogens is 1. The van der Waals surface area contributed by atoms with Gasteiger partial charge in [0.15, 0.2) is 0 Å². The van der Waals surface area contributed by atoms with Gasteiger partial charge in [0.2, 0.25) is 5.91 Å². The number of esters is 1. The Labute approximate surface area is 207 Å². The number of nitrogens with zero attached hydrogens (tertiary/aromatic N) is 2. The second kappa shape index (κ2) is 11.5. The summed E-state index contributed by atoms with van der Waals surface area (Å²) in [5, 5.41) is 13.7. The van der Waals surface area contributed by atoms with E-state index < -0.39 is 5.97 Å². The monoisotopic (exact) mass is 495 g/mol. The van der Waals surface area contributed by atoms with Crippen LogP contribution >= 0.6 is 23.4 Å². The number of nitriles is 1. The highest BCUT2D eigenvalue weighted by atomic mass is 35.5. The number of amides is 1. The van der Waals surface area contributed by atoms with E-state index in [2.05, 4.69) is 16.4 Å². The molecule has 0 spiro atoms. The molecule has 3 aromatic rings. The van der Waals surface area contributed by atoms with E-state index in [1.807, 2.05) is 0 Å². The zero-order valence-corrected chi connectivity index (χ0v) is 20.4. The maximum absolute atomic E-state index is 12.8. The second-order valence-corrected chi connectivity index (χ2v) is 8.43. The van der Waals surface area contributed by atoms with Crippen molar-refractivity contribution < 1.29 is 19.1 Å². The van der Waals surface area contributed by atoms with Gasteiger partial charge in [-0.25, -0.2) is 9.78 Å². The Kier molecular flexibility index (Phi) is 8.52. The quantitative estimate of drug-likeness (QED) is 0.325. The minimum atomic E-state index is -0.563. The molecule has 0 saturated carbocycles. The van der Waals surface area contributed by atoms with E-state index in [9.17, 15) is 14.9 Å². The lowest BCUT2D eigenvalue weighted by Gasteiger charge is -2.16. The van der Waals surface area contributed by atoms with Gasteiger partial charge < -0.3 is 14.8 Å². The number of halogens is 1. The van der Waals surface area contributed by atoms with Crippen molar-refractivity contribution in [3.8, 4) is 22.9 Å². The van der Waals surface area contributed by atoms with Crippen molar-refractivity contribution >= 4 is 40.9 Å². The SMILES string of the molecule is CCOC(=O)c1c(C)nc(SCC(=O)Nc2ccc(Cl)cc2)c(C#N)c1-c1ccc(OC)cc1. The summed E-state index contributed by atoms with van der Waals surface area (Å²) in [5.74, 6) is -0.174. The van der Waals surface area contributed by atoms with Crippen LogP contribution in [0.15, 0.2) is 53.6 Å². The standard InChI is InChI=1S/C25H22ClN3O4S/c1-4-33-25(31)22-15(2)28-24(34-14-21(30)29-18-9-7-17(26)8-10-18)20(13-27)23(22)16-5-11-19(32-3)12-6-16/h5-12H,4,14H2,1-3H3,(H,29,30). The van der Waals surface area contributed by atoms with Crippen LogP contribution in [0.4, 0.5) is 5.69 Å². The fourth-order valence-electron chi connectivity index (χ4n) is 3.25. The summed E-state index contributed by atoms with van der Waals surface area (Å²) in [4.78, 5) is 29.7. The Morgan fingerprint density at radius 1 is 1.15 bits per heavy atom. The van der Waals surface area contributed by atoms with E-state index in [0.29, 0.717) is 38.3 Å². The number of rotatable bonds is 8. The van der Waals surface area contributed by atoms with Crippen LogP contribution in [0.5, 0.6) is 5.75 Å². The number of nitrogens with one attached hydrogen (secondary N) is 1. The second-order valence-electron chi connectivity index (χ2n) is 7.03. The average molecular weight is 496 g/mol. The summed E-state index contributed by atoms with van der Waals surface area (Å²) >= 11 is 7.00. The lowest BCUT2D eigenvalue weighted by atomic mass is 9.95. The molecule has 0 aliphatic carbocycles. The summed E-state index contributed by atoms with van der Waals surface area (Å²) in [6, 6.07) is 15.9. The normalized spacial score (nSPS) is 10.3. The molecule has 1 heterocycles. The first-order valence-corrected chi connectivity index (χ1v) is 11.7. The highest BCUT2D eigenvalue weighted by Crippen LogP contribution is 2.36. The zero-order chi connectivity index (χ0) is 24.7. The third-order valence-corrected chi connectivity index (χ3v) is 6.01. The van der Waals surface area contributed by atoms with Crippen molar-refractivity contribution in [1.29, 1.82) is 5.26 Å². The van der Waals surface area contributed by atoms with Gasteiger partial charge in [-0.1, -0.05) is 35.5 Å². The molecule has 0 aliphatic heterocycles. The number of aryl methyl sites for hydroxylation is 1. The van der Waals surface area contributed by atoms with Crippen molar-refractivity contribution in [3.05, 3.63) is 70.4 Å². The fourth-order valence-corrected chi connectivity index (χ4v) is 4.21. The number of ether oxygens (including phenoxy) is 2. The van der Waals surface area contributed by atoms with Gasteiger partial charge in [0.1, 0.15) is 16.8 Å². The van der Waals surface area contributed by atoms with E-state index in [1.165, 1.54) is 0 Å². The summed E-state index contributed by atoms with van der Waals surface area (Å²) < 4.78 is 10.5. The zero-order valence-electron chi connectivity index (χ0n) is 18.8. The molecule has 0 atom stereocenters. The predicted octanol–water partition coefficient (Wildman–Crippen LogP) is 5.50. The molecule has 2 aromatic carbocycles. The molecule has 1 N–H and O–H groups in total. The van der Waals surface area contributed by atoms with Gasteiger partial charge in [-0.15, -0.1) is 0 Å². The van der Waals surface area contributed by atoms with Crippen molar-refractivity contribution in [2.75, 3.05) is 24.8 Å². The first-order valence-electron chi connectivity index (χ1n) is 10.3. The third kappa shape index (κ3) is 5.87. The van der Waals surface area contributed by atoms with E-state index in [4.69, 9.17) is 21.1 Å². The molecule has 0 radical (unpaired) electrons. The first-order chi connectivity index (χ1) is 16.4. The Balaban J connectivity index is 1.98. The minimum Gasteiger partial charge on any atom is -0.497 e. The van der Waals surface area contributed by atoms with Gasteiger partial charge >= 0.3 is 5.97 Å². The van der Waals surface area contributed by atoms with Crippen LogP contribution < -0.4 is 10.1 Å². The van der Waals surface area contributed by atoms with Crippen molar-refractivity contribution in [2.24, 2.45) is 0 Å². The number of hydrogen-bond donors (Lipinski definition) is 1. The Hall–Kier alpha value is -3.54. The van der Waals surface area contributed by atoms with Gasteiger partial charge in [-0.05, 0) is 55.8 Å². The number of carbonyl (C=O) groups excluding carboxylic acids is 2. The number of pyridine rings is 1. The van der Waals surface area contributed by atoms with Crippen molar-refractivity contribution in [3.63, 3.8) is 0 Å². The molecule has 174 valence electrons. The van der Waals surface area contributed by atoms with Crippen molar-refractivity contribution in [2.45, 2.75) is 18.9 Å². The highest BCUT2D eigenvalue weighted by molar-refractivity contribution is 8.00. The topological polar surface area (TPSA) is 101 Å². The third-order valence-electron chi connectivity index (χ3n) is 4.78. The average Bonchev–Trinajstić information content (AvgIpc) is 2.83. The molecule has 7 nitrogen and oxygen atoms in total. The van der Waals surface area contributed by atoms with Crippen LogP contribution in [0.3, 0.4) is 0 Å². The van der Waals surface area contributed by atoms with Gasteiger partial charge in [-0.3, -0.25) is 4.79 Å². The lowest BCUT2D eigenvalue weighted by Crippen LogP contribution is -2.15. The number of hydrogen-bond acceptors (Lipinski definition) is 7. The number of thioether (sulfide) groups is 1. The lowest BCUT2D eigenvalue weighted by molar-refractivity contribution is -0.113. The molecule has 1 aromatic heterocycles. The van der Waals surface area contributed by atoms with Crippen LogP contribution in [0.2, 0.25) is 5.02 Å². The first kappa shape index (κ1) is 25.1. The van der Waals surface area contributed by atoms with Crippen LogP contribution in [0, 0.1) is 18.3 Å². The number of benzene rings is 2. The van der Waals surface area contributed by atoms with Gasteiger partial charge in [-0.2, -0.15) is 5.26 Å². The Bertz CT molecular complexity index is 1240. The molecule has 1 amide bonds. The maximum atomic E-state index is 12.8. The predicted molar refractivity (Wildman–Crippen MR) is 132 cm³/mol. The summed E-state index contributed by atoms with van der Waals surface area (Å²) in [6.45, 7) is 3.57. The molecular formula is C25H22ClN3O4S. The summed E-state index contributed by atoms with van der Waals surface area (Å²) in [5.41, 5.74) is 2.48. The molecule has 0 saturated heterocycles. The molecule has 34 heavy (non-hydrogen) atoms. The van der Waals surface area contributed by atoms with E-state index >= 15 is 0 Å². The number of carbonyl (C=O) groups is 2. The molecule has 0 unspecified atom stereocenters. The van der Waals surface area contributed by atoms with E-state index in [0.717, 1.165) is 11.8 Å². The number of methoxy groups -OCH3 is 1. The fraction of sp³-hybridized carbons (Fsp3) is 0.200. The van der Waals surface area contributed by atoms with Gasteiger partial charge in [0.25, 0.3) is 0 Å². The number of anilines is 1. The smallest absolute Gasteiger partial charge is 0.340 e. The summed E-state index contributed by atoms with van der Waals surface area (Å²) in [6.07, 6.45) is 0. The van der Waals surface area contributed by atoms with Crippen LogP contribution in [0.25, 0.3) is 11.1 Å². The highest BCUT2D eigenvalue weighted by Gasteiger charge is 2.25. The van der Waals surface area contributed by atoms with Crippen LogP contribution in [-0.4, -0.2) is 36.3 Å². The van der Waals surface area contributed by atoms with Gasteiger partial charge in [0, 0.05) is 16.3 Å². The summed E-state index contributed by atoms with van der Waals surface area (Å²) in [7, 11) is 1.56. The van der Waals surface area contributed by atoms with Gasteiger partial charge in [0.05, 0.1) is 36.3 Å². The Morgan fingerprint density at radius 2 is 1.82 bits per heavy atom. The van der Waals surface area contributed by atoms with Crippen LogP contribution in [-0.2, 0) is 9.53 Å². The molecule has 3 rings (SSSR count). The molecule has 9 heteroatoms. The van der Waals surface area contributed by atoms with E-state index in [-0.39, 0.29) is 29.4 Å². The largest absolute Gasteiger partial charge is 0.497 e. The molecule has 0 aliphatic rings.